The van der Waals surface area contributed by atoms with E-state index in [2.05, 4.69) is 5.32 Å². The Labute approximate surface area is 165 Å². The van der Waals surface area contributed by atoms with Crippen molar-refractivity contribution in [3.63, 3.8) is 0 Å². The van der Waals surface area contributed by atoms with Crippen molar-refractivity contribution in [2.24, 2.45) is 11.8 Å². The van der Waals surface area contributed by atoms with Gasteiger partial charge in [0.25, 0.3) is 5.91 Å². The number of ether oxygens (including phenoxy) is 1. The third-order valence-electron chi connectivity index (χ3n) is 4.06. The standard InChI is InChI=1S/C20H30N2O6/c1-12(2)10-15(17(23)19(25)22-27)18(24)21-16(20(26)28-13(3)4)11-14-8-6-5-7-9-14/h5-9,12-13,15-17,23,27H,10-11H2,1-4H3,(H,21,24)(H,22,25)/t15-,16?,17+/m1/s1. The van der Waals surface area contributed by atoms with E-state index < -0.39 is 35.8 Å². The highest BCUT2D eigenvalue weighted by molar-refractivity contribution is 5.91. The first-order chi connectivity index (χ1) is 13.1. The van der Waals surface area contributed by atoms with Gasteiger partial charge in [0, 0.05) is 6.42 Å². The zero-order valence-electron chi connectivity index (χ0n) is 16.7. The zero-order valence-corrected chi connectivity index (χ0v) is 16.7. The molecule has 1 unspecified atom stereocenters. The first-order valence-corrected chi connectivity index (χ1v) is 9.32. The van der Waals surface area contributed by atoms with Crippen molar-refractivity contribution in [3.05, 3.63) is 35.9 Å². The zero-order chi connectivity index (χ0) is 21.3. The van der Waals surface area contributed by atoms with E-state index in [9.17, 15) is 19.5 Å². The van der Waals surface area contributed by atoms with Crippen LogP contribution in [0.25, 0.3) is 0 Å². The number of hydrogen-bond donors (Lipinski definition) is 4. The molecule has 0 saturated carbocycles. The molecule has 1 rings (SSSR count). The molecule has 0 bridgehead atoms. The van der Waals surface area contributed by atoms with Crippen LogP contribution in [0.4, 0.5) is 0 Å². The van der Waals surface area contributed by atoms with E-state index in [1.54, 1.807) is 13.8 Å². The quantitative estimate of drug-likeness (QED) is 0.268. The molecular weight excluding hydrogens is 364 g/mol. The number of rotatable bonds is 10. The molecule has 1 aromatic carbocycles. The van der Waals surface area contributed by atoms with Gasteiger partial charge in [-0.15, -0.1) is 0 Å². The molecular formula is C20H30N2O6. The maximum Gasteiger partial charge on any atom is 0.329 e. The van der Waals surface area contributed by atoms with E-state index in [1.807, 2.05) is 44.2 Å². The number of aliphatic hydroxyl groups is 1. The van der Waals surface area contributed by atoms with Crippen molar-refractivity contribution in [3.8, 4) is 0 Å². The van der Waals surface area contributed by atoms with E-state index in [0.29, 0.717) is 0 Å². The molecule has 8 nitrogen and oxygen atoms in total. The minimum Gasteiger partial charge on any atom is -0.461 e. The average molecular weight is 394 g/mol. The Morgan fingerprint density at radius 2 is 1.64 bits per heavy atom. The maximum atomic E-state index is 12.8. The van der Waals surface area contributed by atoms with E-state index in [-0.39, 0.29) is 24.9 Å². The molecule has 0 aliphatic carbocycles. The summed E-state index contributed by atoms with van der Waals surface area (Å²) in [6.45, 7) is 7.07. The first-order valence-electron chi connectivity index (χ1n) is 9.32. The summed E-state index contributed by atoms with van der Waals surface area (Å²) in [6.07, 6.45) is -1.71. The van der Waals surface area contributed by atoms with Gasteiger partial charge in [0.05, 0.1) is 12.0 Å². The molecule has 0 radical (unpaired) electrons. The van der Waals surface area contributed by atoms with E-state index >= 15 is 0 Å². The minimum atomic E-state index is -1.74. The Morgan fingerprint density at radius 1 is 1.04 bits per heavy atom. The Bertz CT molecular complexity index is 647. The number of benzene rings is 1. The lowest BCUT2D eigenvalue weighted by Gasteiger charge is -2.25. The Kier molecular flexibility index (Phi) is 9.61. The topological polar surface area (TPSA) is 125 Å². The highest BCUT2D eigenvalue weighted by Crippen LogP contribution is 2.18. The fourth-order valence-electron chi connectivity index (χ4n) is 2.77. The molecule has 0 saturated heterocycles. The van der Waals surface area contributed by atoms with Crippen LogP contribution in [0.1, 0.15) is 39.7 Å². The Balaban J connectivity index is 3.02. The predicted octanol–water partition coefficient (Wildman–Crippen LogP) is 1.19. The fourth-order valence-corrected chi connectivity index (χ4v) is 2.77. The summed E-state index contributed by atoms with van der Waals surface area (Å²) in [5.41, 5.74) is 2.18. The van der Waals surface area contributed by atoms with Crippen LogP contribution < -0.4 is 10.8 Å². The SMILES string of the molecule is CC(C)C[C@@H](C(=O)NC(Cc1ccccc1)C(=O)OC(C)C)[C@H](O)C(=O)NO. The van der Waals surface area contributed by atoms with Gasteiger partial charge in [-0.2, -0.15) is 0 Å². The monoisotopic (exact) mass is 394 g/mol. The van der Waals surface area contributed by atoms with Crippen LogP contribution in [0.5, 0.6) is 0 Å². The average Bonchev–Trinajstić information content (AvgIpc) is 2.64. The molecule has 0 aliphatic heterocycles. The molecule has 1 aromatic rings. The van der Waals surface area contributed by atoms with Crippen LogP contribution in [0, 0.1) is 11.8 Å². The summed E-state index contributed by atoms with van der Waals surface area (Å²) >= 11 is 0. The molecule has 0 spiro atoms. The number of aliphatic hydroxyl groups excluding tert-OH is 1. The van der Waals surface area contributed by atoms with Crippen molar-refractivity contribution in [2.45, 2.75) is 58.8 Å². The van der Waals surface area contributed by atoms with Crippen LogP contribution in [0.3, 0.4) is 0 Å². The molecule has 0 aromatic heterocycles. The lowest BCUT2D eigenvalue weighted by atomic mass is 9.90. The van der Waals surface area contributed by atoms with Gasteiger partial charge in [0.2, 0.25) is 5.91 Å². The van der Waals surface area contributed by atoms with Gasteiger partial charge in [-0.3, -0.25) is 14.8 Å². The Morgan fingerprint density at radius 3 is 2.14 bits per heavy atom. The number of carbonyl (C=O) groups is 3. The van der Waals surface area contributed by atoms with Gasteiger partial charge in [-0.25, -0.2) is 10.3 Å². The largest absolute Gasteiger partial charge is 0.461 e. The molecule has 0 aliphatic rings. The van der Waals surface area contributed by atoms with Gasteiger partial charge in [-0.1, -0.05) is 44.2 Å². The molecule has 4 N–H and O–H groups in total. The highest BCUT2D eigenvalue weighted by Gasteiger charge is 2.35. The van der Waals surface area contributed by atoms with Gasteiger partial charge < -0.3 is 15.2 Å². The highest BCUT2D eigenvalue weighted by atomic mass is 16.5. The minimum absolute atomic E-state index is 0.00733. The molecule has 3 atom stereocenters. The predicted molar refractivity (Wildman–Crippen MR) is 102 cm³/mol. The maximum absolute atomic E-state index is 12.8. The molecule has 2 amide bonds. The number of nitrogens with one attached hydrogen (secondary N) is 2. The van der Waals surface area contributed by atoms with E-state index in [1.165, 1.54) is 5.48 Å². The summed E-state index contributed by atoms with van der Waals surface area (Å²) in [7, 11) is 0. The number of hydrogen-bond acceptors (Lipinski definition) is 6. The van der Waals surface area contributed by atoms with Crippen molar-refractivity contribution in [1.82, 2.24) is 10.8 Å². The van der Waals surface area contributed by atoms with Gasteiger partial charge in [-0.05, 0) is 31.7 Å². The van der Waals surface area contributed by atoms with Gasteiger partial charge in [0.15, 0.2) is 0 Å². The van der Waals surface area contributed by atoms with Crippen LogP contribution in [-0.2, 0) is 25.5 Å². The van der Waals surface area contributed by atoms with Crippen molar-refractivity contribution >= 4 is 17.8 Å². The number of amides is 2. The molecule has 0 heterocycles. The second kappa shape index (κ2) is 11.4. The van der Waals surface area contributed by atoms with E-state index in [0.717, 1.165) is 5.56 Å². The van der Waals surface area contributed by atoms with Crippen LogP contribution >= 0.6 is 0 Å². The number of carbonyl (C=O) groups excluding carboxylic acids is 3. The van der Waals surface area contributed by atoms with Crippen molar-refractivity contribution in [1.29, 1.82) is 0 Å². The van der Waals surface area contributed by atoms with Crippen LogP contribution in [0.2, 0.25) is 0 Å². The normalized spacial score (nSPS) is 14.3. The lowest BCUT2D eigenvalue weighted by Crippen LogP contribution is -2.51. The third kappa shape index (κ3) is 7.66. The van der Waals surface area contributed by atoms with Gasteiger partial charge >= 0.3 is 5.97 Å². The smallest absolute Gasteiger partial charge is 0.329 e. The van der Waals surface area contributed by atoms with Crippen LogP contribution in [0.15, 0.2) is 30.3 Å². The van der Waals surface area contributed by atoms with Crippen molar-refractivity contribution < 1.29 is 29.4 Å². The summed E-state index contributed by atoms with van der Waals surface area (Å²) in [4.78, 5) is 36.9. The molecule has 28 heavy (non-hydrogen) atoms. The summed E-state index contributed by atoms with van der Waals surface area (Å²) < 4.78 is 5.24. The fraction of sp³-hybridized carbons (Fsp3) is 0.550. The Hall–Kier alpha value is -2.45. The first kappa shape index (κ1) is 23.6. The van der Waals surface area contributed by atoms with Crippen LogP contribution in [-0.4, -0.2) is 46.3 Å². The molecule has 156 valence electrons. The second-order valence-electron chi connectivity index (χ2n) is 7.39. The summed E-state index contributed by atoms with van der Waals surface area (Å²) in [5.74, 6) is -3.47. The number of hydroxylamine groups is 1. The lowest BCUT2D eigenvalue weighted by molar-refractivity contribution is -0.153. The summed E-state index contributed by atoms with van der Waals surface area (Å²) in [5, 5.41) is 21.5. The third-order valence-corrected chi connectivity index (χ3v) is 4.06. The summed E-state index contributed by atoms with van der Waals surface area (Å²) in [6, 6.07) is 8.14. The van der Waals surface area contributed by atoms with Gasteiger partial charge in [0.1, 0.15) is 12.1 Å². The molecule has 0 fully saturated rings. The second-order valence-corrected chi connectivity index (χ2v) is 7.39. The molecule has 8 heteroatoms. The number of esters is 1. The van der Waals surface area contributed by atoms with Crippen molar-refractivity contribution in [2.75, 3.05) is 0 Å². The van der Waals surface area contributed by atoms with E-state index in [4.69, 9.17) is 9.94 Å².